The second-order valence-corrected chi connectivity index (χ2v) is 16.0. The third-order valence-corrected chi connectivity index (χ3v) is 14.0. The monoisotopic (exact) mass is 609 g/mol. The highest BCUT2D eigenvalue weighted by Crippen LogP contribution is 2.69. The van der Waals surface area contributed by atoms with Gasteiger partial charge in [0.1, 0.15) is 0 Å². The summed E-state index contributed by atoms with van der Waals surface area (Å²) in [5.41, 5.74) is 16.5. The smallest absolute Gasteiger partial charge is 0.0465 e. The molecule has 0 radical (unpaired) electrons. The Kier molecular flexibility index (Phi) is 5.57. The minimum absolute atomic E-state index is 0.145. The Morgan fingerprint density at radius 3 is 1.64 bits per heavy atom. The average Bonchev–Trinajstić information content (AvgIpc) is 3.55. The van der Waals surface area contributed by atoms with Gasteiger partial charge in [-0.1, -0.05) is 98.1 Å². The Morgan fingerprint density at radius 2 is 0.957 bits per heavy atom. The van der Waals surface area contributed by atoms with Gasteiger partial charge in [-0.25, -0.2) is 0 Å². The van der Waals surface area contributed by atoms with Gasteiger partial charge in [0.25, 0.3) is 0 Å². The van der Waals surface area contributed by atoms with Crippen LogP contribution in [0.15, 0.2) is 115 Å². The maximum Gasteiger partial charge on any atom is 0.0465 e. The number of anilines is 3. The molecule has 7 aliphatic carbocycles. The normalized spacial score (nSPS) is 28.3. The zero-order valence-electron chi connectivity index (χ0n) is 27.3. The highest BCUT2D eigenvalue weighted by atomic mass is 15.1. The number of nitrogens with zero attached hydrogens (tertiary/aromatic N) is 1. The van der Waals surface area contributed by atoms with Gasteiger partial charge in [-0.2, -0.15) is 0 Å². The van der Waals surface area contributed by atoms with Gasteiger partial charge in [0.15, 0.2) is 0 Å². The molecule has 2 spiro atoms. The molecule has 4 bridgehead atoms. The van der Waals surface area contributed by atoms with Crippen molar-refractivity contribution in [2.45, 2.75) is 75.0 Å². The van der Waals surface area contributed by atoms with Crippen molar-refractivity contribution < 1.29 is 0 Å². The van der Waals surface area contributed by atoms with Gasteiger partial charge in [-0.05, 0) is 150 Å². The molecule has 0 heterocycles. The van der Waals surface area contributed by atoms with Crippen LogP contribution in [-0.4, -0.2) is 0 Å². The number of rotatable bonds is 3. The van der Waals surface area contributed by atoms with Crippen molar-refractivity contribution in [3.05, 3.63) is 138 Å². The van der Waals surface area contributed by atoms with Gasteiger partial charge in [0.2, 0.25) is 0 Å². The van der Waals surface area contributed by atoms with Gasteiger partial charge < -0.3 is 4.90 Å². The minimum Gasteiger partial charge on any atom is -0.310 e. The van der Waals surface area contributed by atoms with Gasteiger partial charge in [-0.3, -0.25) is 0 Å². The summed E-state index contributed by atoms with van der Waals surface area (Å²) in [6, 6.07) is 45.0. The third kappa shape index (κ3) is 3.51. The summed E-state index contributed by atoms with van der Waals surface area (Å²) in [5.74, 6) is 3.44. The molecule has 5 saturated carbocycles. The summed E-state index contributed by atoms with van der Waals surface area (Å²) in [6.07, 6.45) is 13.7. The topological polar surface area (TPSA) is 3.24 Å². The van der Waals surface area contributed by atoms with E-state index >= 15 is 0 Å². The fourth-order valence-corrected chi connectivity index (χ4v) is 12.6. The first-order valence-corrected chi connectivity index (χ1v) is 18.6. The molecule has 0 atom stereocenters. The van der Waals surface area contributed by atoms with Crippen molar-refractivity contribution in [1.82, 2.24) is 0 Å². The van der Waals surface area contributed by atoms with Crippen LogP contribution in [0.25, 0.3) is 22.3 Å². The van der Waals surface area contributed by atoms with E-state index in [2.05, 4.69) is 120 Å². The van der Waals surface area contributed by atoms with Crippen LogP contribution in [0.5, 0.6) is 0 Å². The van der Waals surface area contributed by atoms with Crippen LogP contribution in [0, 0.1) is 23.7 Å². The van der Waals surface area contributed by atoms with Gasteiger partial charge in [0, 0.05) is 27.9 Å². The molecule has 47 heavy (non-hydrogen) atoms. The molecule has 5 aromatic carbocycles. The molecule has 0 amide bonds. The van der Waals surface area contributed by atoms with Crippen LogP contribution < -0.4 is 4.90 Å². The molecular formula is C46H43N. The summed E-state index contributed by atoms with van der Waals surface area (Å²) in [4.78, 5) is 2.58. The first-order chi connectivity index (χ1) is 23.2. The van der Waals surface area contributed by atoms with Crippen LogP contribution in [0.2, 0.25) is 0 Å². The maximum atomic E-state index is 2.66. The van der Waals surface area contributed by atoms with Crippen molar-refractivity contribution in [3.8, 4) is 22.3 Å². The summed E-state index contributed by atoms with van der Waals surface area (Å²) in [6.45, 7) is 0. The van der Waals surface area contributed by atoms with E-state index in [1.54, 1.807) is 22.3 Å². The molecule has 12 rings (SSSR count). The number of fused-ring (bicyclic) bond motifs is 8. The van der Waals surface area contributed by atoms with Crippen molar-refractivity contribution >= 4 is 17.1 Å². The molecule has 0 aromatic heterocycles. The maximum absolute atomic E-state index is 2.66. The lowest BCUT2D eigenvalue weighted by Crippen LogP contribution is -2.55. The second kappa shape index (κ2) is 9.72. The number of hydrogen-bond acceptors (Lipinski definition) is 1. The molecule has 1 nitrogen and oxygen atoms in total. The van der Waals surface area contributed by atoms with E-state index in [1.165, 1.54) is 104 Å². The van der Waals surface area contributed by atoms with Crippen LogP contribution in [0.4, 0.5) is 17.1 Å². The highest BCUT2D eigenvalue weighted by molar-refractivity contribution is 5.89. The van der Waals surface area contributed by atoms with Crippen molar-refractivity contribution in [3.63, 3.8) is 0 Å². The first-order valence-electron chi connectivity index (χ1n) is 18.6. The first kappa shape index (κ1) is 26.9. The van der Waals surface area contributed by atoms with Gasteiger partial charge in [-0.15, -0.1) is 0 Å². The van der Waals surface area contributed by atoms with Crippen LogP contribution in [0.1, 0.15) is 86.5 Å². The lowest BCUT2D eigenvalue weighted by molar-refractivity contribution is -0.0399. The Hall–Kier alpha value is -4.10. The van der Waals surface area contributed by atoms with Gasteiger partial charge in [0.05, 0.1) is 0 Å². The van der Waals surface area contributed by atoms with E-state index in [4.69, 9.17) is 0 Å². The second-order valence-electron chi connectivity index (χ2n) is 16.0. The van der Waals surface area contributed by atoms with E-state index < -0.39 is 0 Å². The molecule has 5 fully saturated rings. The number of hydrogen-bond donors (Lipinski definition) is 0. The molecule has 232 valence electrons. The fraction of sp³-hybridized carbons (Fsp3) is 0.348. The fourth-order valence-electron chi connectivity index (χ4n) is 12.6. The summed E-state index contributed by atoms with van der Waals surface area (Å²) >= 11 is 0. The number of para-hydroxylation sites is 1. The predicted octanol–water partition coefficient (Wildman–Crippen LogP) is 12.1. The molecule has 0 aliphatic heterocycles. The largest absolute Gasteiger partial charge is 0.310 e. The van der Waals surface area contributed by atoms with Crippen LogP contribution >= 0.6 is 0 Å². The SMILES string of the molecule is c1ccc(N(c2ccc3c(c2)C2(CCCCC2)c2ccccc2-3)c2ccc3c(c2)C2(c4ccccc4-3)C3CC4CC(C3)CC2C4)cc1. The predicted molar refractivity (Wildman–Crippen MR) is 194 cm³/mol. The molecule has 0 N–H and O–H groups in total. The van der Waals surface area contributed by atoms with Crippen LogP contribution in [0.3, 0.4) is 0 Å². The van der Waals surface area contributed by atoms with Gasteiger partial charge >= 0.3 is 0 Å². The zero-order valence-corrected chi connectivity index (χ0v) is 27.3. The molecule has 7 aliphatic rings. The molecule has 0 saturated heterocycles. The lowest BCUT2D eigenvalue weighted by atomic mass is 9.43. The minimum atomic E-state index is 0.145. The Labute approximate surface area is 279 Å². The van der Waals surface area contributed by atoms with E-state index in [0.29, 0.717) is 0 Å². The van der Waals surface area contributed by atoms with E-state index in [1.807, 2.05) is 0 Å². The molecule has 1 heteroatoms. The van der Waals surface area contributed by atoms with E-state index in [-0.39, 0.29) is 10.8 Å². The van der Waals surface area contributed by atoms with Crippen molar-refractivity contribution in [1.29, 1.82) is 0 Å². The lowest BCUT2D eigenvalue weighted by Gasteiger charge is -2.61. The number of benzene rings is 5. The van der Waals surface area contributed by atoms with E-state index in [9.17, 15) is 0 Å². The third-order valence-electron chi connectivity index (χ3n) is 14.0. The van der Waals surface area contributed by atoms with E-state index in [0.717, 1.165) is 23.7 Å². The average molecular weight is 610 g/mol. The summed E-state index contributed by atoms with van der Waals surface area (Å²) < 4.78 is 0. The standard InChI is InChI=1S/C46H43N/c1-3-11-34(12-4-1)47(35-17-19-39-37-13-5-7-15-41(37)45(43(39)28-35)21-9-2-10-22-45)36-18-20-40-38-14-6-8-16-42(38)46(44(40)29-36)32-24-30-23-31(26-32)27-33(46)25-30/h1,3-8,11-20,28-33H,2,9-10,21-27H2. The van der Waals surface area contributed by atoms with Crippen LogP contribution in [-0.2, 0) is 10.8 Å². The Bertz CT molecular complexity index is 2020. The van der Waals surface area contributed by atoms with Crippen molar-refractivity contribution in [2.75, 3.05) is 4.90 Å². The summed E-state index contributed by atoms with van der Waals surface area (Å²) in [7, 11) is 0. The Morgan fingerprint density at radius 1 is 0.426 bits per heavy atom. The Balaban J connectivity index is 1.11. The molecule has 5 aromatic rings. The molecular weight excluding hydrogens is 567 g/mol. The quantitative estimate of drug-likeness (QED) is 0.197. The highest BCUT2D eigenvalue weighted by Gasteiger charge is 2.61. The molecule has 0 unspecified atom stereocenters. The zero-order chi connectivity index (χ0) is 30.7. The van der Waals surface area contributed by atoms with Crippen molar-refractivity contribution in [2.24, 2.45) is 23.7 Å². The summed E-state index contributed by atoms with van der Waals surface area (Å²) in [5, 5.41) is 0.